The summed E-state index contributed by atoms with van der Waals surface area (Å²) in [6, 6.07) is 5.97. The van der Waals surface area contributed by atoms with Gasteiger partial charge in [0, 0.05) is 32.3 Å². The number of anilines is 1. The van der Waals surface area contributed by atoms with Gasteiger partial charge in [-0.2, -0.15) is 5.26 Å². The quantitative estimate of drug-likeness (QED) is 0.768. The highest BCUT2D eigenvalue weighted by Crippen LogP contribution is 2.25. The molecule has 4 nitrogen and oxygen atoms in total. The predicted molar refractivity (Wildman–Crippen MR) is 61.1 cm³/mol. The van der Waals surface area contributed by atoms with Crippen LogP contribution in [0.4, 0.5) is 5.69 Å². The third kappa shape index (κ3) is 2.15. The summed E-state index contributed by atoms with van der Waals surface area (Å²) < 4.78 is 5.16. The highest BCUT2D eigenvalue weighted by Gasteiger charge is 2.24. The lowest BCUT2D eigenvalue weighted by Gasteiger charge is -2.18. The Bertz CT molecular complexity index is 399. The number of aromatic nitrogens is 1. The van der Waals surface area contributed by atoms with Gasteiger partial charge >= 0.3 is 0 Å². The summed E-state index contributed by atoms with van der Waals surface area (Å²) in [4.78, 5) is 6.30. The Labute approximate surface area is 95.5 Å². The van der Waals surface area contributed by atoms with Gasteiger partial charge in [0.2, 0.25) is 0 Å². The topological polar surface area (TPSA) is 49.1 Å². The van der Waals surface area contributed by atoms with Crippen molar-refractivity contribution in [2.24, 2.45) is 5.92 Å². The average Bonchev–Trinajstić information content (AvgIpc) is 2.78. The number of pyridine rings is 1. The molecule has 1 aliphatic rings. The van der Waals surface area contributed by atoms with Gasteiger partial charge in [-0.15, -0.1) is 0 Å². The van der Waals surface area contributed by atoms with Crippen LogP contribution in [0, 0.1) is 17.2 Å². The molecule has 0 radical (unpaired) electrons. The number of methoxy groups -OCH3 is 1. The summed E-state index contributed by atoms with van der Waals surface area (Å²) in [5, 5.41) is 8.98. The van der Waals surface area contributed by atoms with Crippen LogP contribution >= 0.6 is 0 Å². The molecule has 0 aromatic carbocycles. The maximum absolute atomic E-state index is 8.98. The van der Waals surface area contributed by atoms with Gasteiger partial charge in [-0.05, 0) is 18.6 Å². The van der Waals surface area contributed by atoms with Crippen molar-refractivity contribution >= 4 is 5.69 Å². The summed E-state index contributed by atoms with van der Waals surface area (Å²) >= 11 is 0. The molecule has 0 bridgehead atoms. The number of nitrogens with zero attached hydrogens (tertiary/aromatic N) is 3. The van der Waals surface area contributed by atoms with Crippen LogP contribution in [-0.2, 0) is 4.74 Å². The molecule has 1 aliphatic heterocycles. The number of ether oxygens (including phenoxy) is 1. The van der Waals surface area contributed by atoms with Gasteiger partial charge in [-0.25, -0.2) is 4.98 Å². The van der Waals surface area contributed by atoms with E-state index in [0.717, 1.165) is 31.8 Å². The predicted octanol–water partition coefficient (Wildman–Crippen LogP) is 1.43. The molecule has 1 aromatic rings. The van der Waals surface area contributed by atoms with E-state index in [9.17, 15) is 0 Å². The smallest absolute Gasteiger partial charge is 0.163 e. The summed E-state index contributed by atoms with van der Waals surface area (Å²) in [6.07, 6.45) is 2.78. The second-order valence-corrected chi connectivity index (χ2v) is 4.04. The molecule has 1 unspecified atom stereocenters. The highest BCUT2D eigenvalue weighted by atomic mass is 16.5. The summed E-state index contributed by atoms with van der Waals surface area (Å²) in [5.74, 6) is 0.566. The van der Waals surface area contributed by atoms with E-state index in [1.54, 1.807) is 13.3 Å². The fourth-order valence-corrected chi connectivity index (χ4v) is 2.16. The van der Waals surface area contributed by atoms with Crippen molar-refractivity contribution in [2.45, 2.75) is 6.42 Å². The van der Waals surface area contributed by atoms with Crippen LogP contribution in [0.25, 0.3) is 0 Å². The van der Waals surface area contributed by atoms with Gasteiger partial charge in [-0.1, -0.05) is 0 Å². The molecule has 1 fully saturated rings. The van der Waals surface area contributed by atoms with E-state index in [0.29, 0.717) is 11.6 Å². The first-order chi connectivity index (χ1) is 7.85. The summed E-state index contributed by atoms with van der Waals surface area (Å²) in [7, 11) is 1.73. The van der Waals surface area contributed by atoms with Crippen molar-refractivity contribution in [3.63, 3.8) is 0 Å². The van der Waals surface area contributed by atoms with Gasteiger partial charge < -0.3 is 9.64 Å². The van der Waals surface area contributed by atoms with Gasteiger partial charge in [-0.3, -0.25) is 0 Å². The molecular formula is C12H15N3O. The van der Waals surface area contributed by atoms with E-state index < -0.39 is 0 Å². The lowest BCUT2D eigenvalue weighted by molar-refractivity contribution is 0.161. The standard InChI is InChI=1S/C12H15N3O/c1-16-9-10-4-6-15(8-10)12-3-2-5-14-11(12)7-13/h2-3,5,10H,4,6,8-9H2,1H3. The molecule has 0 spiro atoms. The fourth-order valence-electron chi connectivity index (χ4n) is 2.16. The van der Waals surface area contributed by atoms with E-state index in [4.69, 9.17) is 10.00 Å². The number of hydrogen-bond acceptors (Lipinski definition) is 4. The zero-order valence-corrected chi connectivity index (χ0v) is 9.39. The molecule has 0 N–H and O–H groups in total. The summed E-state index contributed by atoms with van der Waals surface area (Å²) in [5.41, 5.74) is 1.46. The lowest BCUT2D eigenvalue weighted by Crippen LogP contribution is -2.22. The number of nitriles is 1. The molecule has 0 aliphatic carbocycles. The largest absolute Gasteiger partial charge is 0.384 e. The maximum atomic E-state index is 8.98. The van der Waals surface area contributed by atoms with E-state index in [2.05, 4.69) is 16.0 Å². The zero-order valence-electron chi connectivity index (χ0n) is 9.39. The Morgan fingerprint density at radius 3 is 3.31 bits per heavy atom. The molecule has 0 amide bonds. The molecule has 0 saturated carbocycles. The van der Waals surface area contributed by atoms with Crippen molar-refractivity contribution in [3.8, 4) is 6.07 Å². The molecule has 1 aromatic heterocycles. The van der Waals surface area contributed by atoms with Crippen LogP contribution in [0.15, 0.2) is 18.3 Å². The van der Waals surface area contributed by atoms with Crippen LogP contribution in [0.2, 0.25) is 0 Å². The highest BCUT2D eigenvalue weighted by molar-refractivity contribution is 5.56. The van der Waals surface area contributed by atoms with Crippen LogP contribution in [0.5, 0.6) is 0 Å². The Morgan fingerprint density at radius 1 is 1.69 bits per heavy atom. The zero-order chi connectivity index (χ0) is 11.4. The second kappa shape index (κ2) is 4.95. The van der Waals surface area contributed by atoms with Crippen molar-refractivity contribution < 1.29 is 4.74 Å². The second-order valence-electron chi connectivity index (χ2n) is 4.04. The molecular weight excluding hydrogens is 202 g/mol. The van der Waals surface area contributed by atoms with Gasteiger partial charge in [0.1, 0.15) is 6.07 Å². The van der Waals surface area contributed by atoms with Crippen LogP contribution in [0.1, 0.15) is 12.1 Å². The minimum atomic E-state index is 0.514. The van der Waals surface area contributed by atoms with E-state index in [1.807, 2.05) is 12.1 Å². The van der Waals surface area contributed by atoms with Crippen molar-refractivity contribution in [1.82, 2.24) is 4.98 Å². The molecule has 2 rings (SSSR count). The van der Waals surface area contributed by atoms with Crippen LogP contribution < -0.4 is 4.90 Å². The molecule has 1 saturated heterocycles. The van der Waals surface area contributed by atoms with Crippen LogP contribution in [0.3, 0.4) is 0 Å². The SMILES string of the molecule is COCC1CCN(c2cccnc2C#N)C1. The Kier molecular flexibility index (Phi) is 3.37. The molecule has 4 heteroatoms. The molecule has 16 heavy (non-hydrogen) atoms. The first-order valence-corrected chi connectivity index (χ1v) is 5.44. The van der Waals surface area contributed by atoms with E-state index in [-0.39, 0.29) is 0 Å². The first-order valence-electron chi connectivity index (χ1n) is 5.44. The van der Waals surface area contributed by atoms with Crippen LogP contribution in [-0.4, -0.2) is 31.8 Å². The molecule has 84 valence electrons. The third-order valence-corrected chi connectivity index (χ3v) is 2.92. The molecule has 1 atom stereocenters. The van der Waals surface area contributed by atoms with Gasteiger partial charge in [0.25, 0.3) is 0 Å². The van der Waals surface area contributed by atoms with E-state index >= 15 is 0 Å². The lowest BCUT2D eigenvalue weighted by atomic mass is 10.1. The first kappa shape index (κ1) is 10.9. The minimum Gasteiger partial charge on any atom is -0.384 e. The van der Waals surface area contributed by atoms with Gasteiger partial charge in [0.15, 0.2) is 5.69 Å². The Balaban J connectivity index is 2.12. The normalized spacial score (nSPS) is 19.8. The minimum absolute atomic E-state index is 0.514. The van der Waals surface area contributed by atoms with Gasteiger partial charge in [0.05, 0.1) is 12.3 Å². The van der Waals surface area contributed by atoms with E-state index in [1.165, 1.54) is 0 Å². The third-order valence-electron chi connectivity index (χ3n) is 2.92. The van der Waals surface area contributed by atoms with Crippen molar-refractivity contribution in [3.05, 3.63) is 24.0 Å². The maximum Gasteiger partial charge on any atom is 0.163 e. The van der Waals surface area contributed by atoms with Crippen molar-refractivity contribution in [2.75, 3.05) is 31.7 Å². The Hall–Kier alpha value is -1.60. The Morgan fingerprint density at radius 2 is 2.56 bits per heavy atom. The number of hydrogen-bond donors (Lipinski definition) is 0. The summed E-state index contributed by atoms with van der Waals surface area (Å²) in [6.45, 7) is 2.72. The fraction of sp³-hybridized carbons (Fsp3) is 0.500. The average molecular weight is 217 g/mol. The monoisotopic (exact) mass is 217 g/mol. The van der Waals surface area contributed by atoms with Crippen molar-refractivity contribution in [1.29, 1.82) is 5.26 Å². The number of rotatable bonds is 3. The molecule has 2 heterocycles.